The Bertz CT molecular complexity index is 4190. The second-order valence-electron chi connectivity index (χ2n) is 28.7. The third-order valence-corrected chi connectivity index (χ3v) is 20.6. The van der Waals surface area contributed by atoms with Crippen molar-refractivity contribution in [3.05, 3.63) is 226 Å². The third kappa shape index (κ3) is 7.73. The topological polar surface area (TPSA) is 9.72 Å². The van der Waals surface area contributed by atoms with Gasteiger partial charge >= 0.3 is 0 Å². The first kappa shape index (κ1) is 51.8. The highest BCUT2D eigenvalue weighted by atomic mass is 32.1. The predicted octanol–water partition coefficient (Wildman–Crippen LogP) is 19.4. The largest absolute Gasteiger partial charge is 0.311 e. The van der Waals surface area contributed by atoms with Gasteiger partial charge in [0, 0.05) is 71.8 Å². The normalized spacial score (nSPS) is 16.9. The average Bonchev–Trinajstić information content (AvgIpc) is 4.14. The molecule has 0 N–H and O–H groups in total. The molecule has 0 saturated carbocycles. The zero-order valence-electron chi connectivity index (χ0n) is 50.3. The van der Waals surface area contributed by atoms with E-state index in [4.69, 9.17) is 0 Å². The minimum absolute atomic E-state index is 0.000314. The van der Waals surface area contributed by atoms with Gasteiger partial charge in [0.25, 0.3) is 6.71 Å². The Hall–Kier alpha value is -7.34. The van der Waals surface area contributed by atoms with E-state index in [0.717, 1.165) is 23.5 Å². The summed E-state index contributed by atoms with van der Waals surface area (Å²) in [5.41, 5.74) is 27.0. The summed E-state index contributed by atoms with van der Waals surface area (Å²) in [6, 6.07) is 69.0. The molecule has 10 aromatic rings. The molecule has 0 spiro atoms. The van der Waals surface area contributed by atoms with Gasteiger partial charge in [0.2, 0.25) is 0 Å². The van der Waals surface area contributed by atoms with Crippen LogP contribution in [0, 0.1) is 6.92 Å². The van der Waals surface area contributed by atoms with Crippen molar-refractivity contribution >= 4 is 106 Å². The maximum absolute atomic E-state index is 2.69. The molecule has 2 aliphatic carbocycles. The summed E-state index contributed by atoms with van der Waals surface area (Å²) in [5, 5.41) is 2.60. The van der Waals surface area contributed by atoms with Crippen LogP contribution < -0.4 is 31.1 Å². The maximum atomic E-state index is 2.69. The summed E-state index contributed by atoms with van der Waals surface area (Å²) in [6.45, 7) is 35.7. The Morgan fingerprint density at radius 2 is 0.963 bits per heavy atom. The quantitative estimate of drug-likeness (QED) is 0.159. The zero-order valence-corrected chi connectivity index (χ0v) is 51.1. The maximum Gasteiger partial charge on any atom is 0.252 e. The smallest absolute Gasteiger partial charge is 0.252 e. The summed E-state index contributed by atoms with van der Waals surface area (Å²) in [5.74, 6) is 0. The molecule has 0 saturated heterocycles. The van der Waals surface area contributed by atoms with Crippen LogP contribution in [0.2, 0.25) is 0 Å². The molecule has 1 aromatic heterocycles. The van der Waals surface area contributed by atoms with Crippen LogP contribution in [0.25, 0.3) is 20.2 Å². The Kier molecular flexibility index (Phi) is 11.1. The molecule has 3 heterocycles. The van der Waals surface area contributed by atoms with Crippen LogP contribution in [0.1, 0.15) is 153 Å². The summed E-state index contributed by atoms with van der Waals surface area (Å²) < 4.78 is 2.60. The van der Waals surface area contributed by atoms with Gasteiger partial charge in [0.1, 0.15) is 0 Å². The molecule has 3 nitrogen and oxygen atoms in total. The van der Waals surface area contributed by atoms with E-state index in [1.165, 1.54) is 121 Å². The minimum atomic E-state index is -0.206. The molecule has 0 unspecified atom stereocenters. The second kappa shape index (κ2) is 17.3. The third-order valence-electron chi connectivity index (χ3n) is 19.4. The Morgan fingerprint density at radius 1 is 0.432 bits per heavy atom. The average molecular weight is 1070 g/mol. The lowest BCUT2D eigenvalue weighted by Gasteiger charge is -2.46. The molecule has 2 aliphatic heterocycles. The van der Waals surface area contributed by atoms with Gasteiger partial charge in [-0.1, -0.05) is 194 Å². The fourth-order valence-corrected chi connectivity index (χ4v) is 16.6. The van der Waals surface area contributed by atoms with Gasteiger partial charge in [-0.05, 0) is 180 Å². The molecule has 0 radical (unpaired) electrons. The summed E-state index contributed by atoms with van der Waals surface area (Å²) >= 11 is 1.92. The number of nitrogens with zero attached hydrogens (tertiary/aromatic N) is 3. The lowest BCUT2D eigenvalue weighted by atomic mass is 9.33. The lowest BCUT2D eigenvalue weighted by molar-refractivity contribution is 0.403. The van der Waals surface area contributed by atoms with Gasteiger partial charge in [-0.3, -0.25) is 0 Å². The molecule has 0 bridgehead atoms. The molecular weight excluding hydrogens is 998 g/mol. The monoisotopic (exact) mass is 1070 g/mol. The molecular formula is C76H76BN3S. The Labute approximate surface area is 486 Å². The minimum Gasteiger partial charge on any atom is -0.311 e. The number of rotatable bonds is 5. The standard InChI is InChI=1S/C76H76BN3S/c1-46-39-66-69-67(40-46)80(63-25-20-22-54-53-21-16-19-26-68(53)81-70(54)63)64-42-52(78(49-31-27-47(28-32-49)71(2,3)4)50-33-29-48(30-34-50)72(5,6)7)36-38-61(64)77(69)62-43-58-59(74(10,11)45-73(58,8)9)44-65(62)79(66)51-35-37-57-60(41-51)76(14,15)56-24-18-17-23-55(56)75(57,12)13/h16-44H,45H2,1-15H3. The van der Waals surface area contributed by atoms with Crippen LogP contribution in [-0.2, 0) is 32.5 Å². The van der Waals surface area contributed by atoms with Gasteiger partial charge in [0.15, 0.2) is 0 Å². The number of hydrogen-bond acceptors (Lipinski definition) is 4. The van der Waals surface area contributed by atoms with Gasteiger partial charge in [-0.25, -0.2) is 0 Å². The van der Waals surface area contributed by atoms with E-state index in [1.807, 2.05) is 11.3 Å². The highest BCUT2D eigenvalue weighted by molar-refractivity contribution is 7.26. The molecule has 4 aliphatic rings. The van der Waals surface area contributed by atoms with Crippen molar-refractivity contribution in [1.82, 2.24) is 0 Å². The molecule has 14 rings (SSSR count). The fraction of sp³-hybridized carbons (Fsp3) is 0.289. The first-order valence-corrected chi connectivity index (χ1v) is 30.4. The number of aryl methyl sites for hydroxylation is 1. The highest BCUT2D eigenvalue weighted by Crippen LogP contribution is 2.56. The van der Waals surface area contributed by atoms with Crippen molar-refractivity contribution in [2.75, 3.05) is 14.7 Å². The van der Waals surface area contributed by atoms with E-state index >= 15 is 0 Å². The van der Waals surface area contributed by atoms with Crippen LogP contribution in [0.5, 0.6) is 0 Å². The van der Waals surface area contributed by atoms with Crippen molar-refractivity contribution in [3.8, 4) is 0 Å². The van der Waals surface area contributed by atoms with Crippen molar-refractivity contribution in [2.45, 2.75) is 143 Å². The first-order valence-electron chi connectivity index (χ1n) is 29.6. The van der Waals surface area contributed by atoms with E-state index in [0.29, 0.717) is 0 Å². The van der Waals surface area contributed by atoms with Gasteiger partial charge in [-0.2, -0.15) is 0 Å². The molecule has 0 amide bonds. The SMILES string of the molecule is Cc1cc2c3c(c1)N(c1cccc4c1sc1ccccc14)c1cc(N(c4ccc(C(C)(C)C)cc4)c4ccc(C(C)(C)C)cc4)ccc1B3c1cc3c(cc1N2c1ccc2c(c1)C(C)(C)c1ccccc1C2(C)C)C(C)(C)CC3(C)C. The summed E-state index contributed by atoms with van der Waals surface area (Å²) in [6.07, 6.45) is 1.10. The van der Waals surface area contributed by atoms with E-state index in [1.54, 1.807) is 0 Å². The van der Waals surface area contributed by atoms with Crippen molar-refractivity contribution in [3.63, 3.8) is 0 Å². The molecule has 404 valence electrons. The summed E-state index contributed by atoms with van der Waals surface area (Å²) in [7, 11) is 0. The Balaban J connectivity index is 1.06. The number of hydrogen-bond donors (Lipinski definition) is 0. The molecule has 81 heavy (non-hydrogen) atoms. The van der Waals surface area contributed by atoms with Crippen molar-refractivity contribution in [1.29, 1.82) is 0 Å². The second-order valence-corrected chi connectivity index (χ2v) is 29.7. The fourth-order valence-electron chi connectivity index (χ4n) is 15.4. The van der Waals surface area contributed by atoms with Gasteiger partial charge in [0.05, 0.1) is 10.4 Å². The van der Waals surface area contributed by atoms with E-state index in [9.17, 15) is 0 Å². The van der Waals surface area contributed by atoms with Crippen LogP contribution >= 0.6 is 11.3 Å². The van der Waals surface area contributed by atoms with E-state index in [2.05, 4.69) is 294 Å². The number of benzene rings is 9. The molecule has 0 fully saturated rings. The van der Waals surface area contributed by atoms with E-state index < -0.39 is 0 Å². The first-order chi connectivity index (χ1) is 38.3. The van der Waals surface area contributed by atoms with Gasteiger partial charge < -0.3 is 14.7 Å². The van der Waals surface area contributed by atoms with Crippen LogP contribution in [0.3, 0.4) is 0 Å². The number of fused-ring (bicyclic) bond motifs is 10. The molecule has 0 atom stereocenters. The summed E-state index contributed by atoms with van der Waals surface area (Å²) in [4.78, 5) is 7.84. The highest BCUT2D eigenvalue weighted by Gasteiger charge is 2.49. The van der Waals surface area contributed by atoms with Crippen LogP contribution in [-0.4, -0.2) is 6.71 Å². The van der Waals surface area contributed by atoms with E-state index in [-0.39, 0.29) is 39.2 Å². The zero-order chi connectivity index (χ0) is 56.7. The lowest BCUT2D eigenvalue weighted by Crippen LogP contribution is -2.61. The van der Waals surface area contributed by atoms with Crippen molar-refractivity contribution < 1.29 is 0 Å². The molecule has 9 aromatic carbocycles. The number of anilines is 9. The van der Waals surface area contributed by atoms with Gasteiger partial charge in [-0.15, -0.1) is 11.3 Å². The number of thiophene rings is 1. The van der Waals surface area contributed by atoms with Crippen LogP contribution in [0.4, 0.5) is 51.2 Å². The molecule has 5 heteroatoms. The predicted molar refractivity (Wildman–Crippen MR) is 352 cm³/mol. The van der Waals surface area contributed by atoms with Crippen molar-refractivity contribution in [2.24, 2.45) is 0 Å². The van der Waals surface area contributed by atoms with Crippen LogP contribution in [0.15, 0.2) is 176 Å². The Morgan fingerprint density at radius 3 is 1.59 bits per heavy atom.